The van der Waals surface area contributed by atoms with Crippen molar-refractivity contribution in [3.05, 3.63) is 88.3 Å². The van der Waals surface area contributed by atoms with Crippen LogP contribution in [0.3, 0.4) is 0 Å². The Balaban J connectivity index is 1.39. The summed E-state index contributed by atoms with van der Waals surface area (Å²) in [7, 11) is 3.34. The fraction of sp³-hybridized carbons (Fsp3) is 0.323. The van der Waals surface area contributed by atoms with E-state index in [2.05, 4.69) is 4.90 Å². The third-order valence-electron chi connectivity index (χ3n) is 6.98. The number of fused-ring (bicyclic) bond motifs is 1. The molecule has 0 radical (unpaired) electrons. The van der Waals surface area contributed by atoms with E-state index in [1.165, 1.54) is 19.3 Å². The number of hydrogen-bond acceptors (Lipinski definition) is 6. The molecular weight excluding hydrogens is 482 g/mol. The highest BCUT2D eigenvalue weighted by molar-refractivity contribution is 7.19. The Labute approximate surface area is 222 Å². The van der Waals surface area contributed by atoms with E-state index in [0.29, 0.717) is 18.6 Å². The number of likely N-dealkylation sites (tertiary alicyclic amines) is 1. The topological polar surface area (TPSA) is 48.0 Å². The highest BCUT2D eigenvalue weighted by Gasteiger charge is 2.22. The minimum Gasteiger partial charge on any atom is -0.497 e. The molecule has 6 heteroatoms. The first-order valence-corrected chi connectivity index (χ1v) is 13.7. The first-order valence-electron chi connectivity index (χ1n) is 12.9. The van der Waals surface area contributed by atoms with Gasteiger partial charge in [0.15, 0.2) is 5.78 Å². The highest BCUT2D eigenvalue weighted by atomic mass is 32.1. The summed E-state index contributed by atoms with van der Waals surface area (Å²) in [6.45, 7) is 3.92. The van der Waals surface area contributed by atoms with Crippen LogP contribution in [0, 0.1) is 0 Å². The summed E-state index contributed by atoms with van der Waals surface area (Å²) in [6.07, 6.45) is 4.50. The molecule has 4 aromatic rings. The molecule has 1 aromatic heterocycles. The van der Waals surface area contributed by atoms with Crippen LogP contribution < -0.4 is 14.2 Å². The molecule has 0 spiro atoms. The van der Waals surface area contributed by atoms with Crippen LogP contribution in [0.5, 0.6) is 17.2 Å². The zero-order valence-electron chi connectivity index (χ0n) is 21.5. The monoisotopic (exact) mass is 515 g/mol. The lowest BCUT2D eigenvalue weighted by Gasteiger charge is -2.26. The third-order valence-corrected chi connectivity index (χ3v) is 8.13. The minimum absolute atomic E-state index is 0.0150. The molecule has 0 saturated carbocycles. The van der Waals surface area contributed by atoms with Gasteiger partial charge in [-0.1, -0.05) is 24.6 Å². The number of rotatable bonds is 10. The number of piperidine rings is 1. The molecule has 0 amide bonds. The van der Waals surface area contributed by atoms with Crippen molar-refractivity contribution in [1.82, 2.24) is 4.90 Å². The van der Waals surface area contributed by atoms with Crippen LogP contribution in [0.15, 0.2) is 66.7 Å². The number of thiophene rings is 1. The zero-order valence-corrected chi connectivity index (χ0v) is 22.3. The van der Waals surface area contributed by atoms with Crippen molar-refractivity contribution >= 4 is 27.2 Å². The summed E-state index contributed by atoms with van der Waals surface area (Å²) in [5.41, 5.74) is 2.45. The van der Waals surface area contributed by atoms with Crippen LogP contribution in [0.25, 0.3) is 10.1 Å². The SMILES string of the molecule is COc1ccc2c(C(=O)c3ccc(OCCN4CCCCC4)cc3)c(Cc3ccccc3OC)sc2c1. The van der Waals surface area contributed by atoms with Gasteiger partial charge in [0, 0.05) is 39.1 Å². The van der Waals surface area contributed by atoms with Crippen molar-refractivity contribution in [1.29, 1.82) is 0 Å². The summed E-state index contributed by atoms with van der Waals surface area (Å²) in [4.78, 5) is 17.3. The normalized spacial score (nSPS) is 14.0. The smallest absolute Gasteiger partial charge is 0.194 e. The molecule has 1 saturated heterocycles. The van der Waals surface area contributed by atoms with E-state index < -0.39 is 0 Å². The lowest BCUT2D eigenvalue weighted by Crippen LogP contribution is -2.33. The largest absolute Gasteiger partial charge is 0.497 e. The number of ketones is 1. The number of para-hydroxylation sites is 1. The quantitative estimate of drug-likeness (QED) is 0.223. The van der Waals surface area contributed by atoms with Crippen LogP contribution in [0.4, 0.5) is 0 Å². The van der Waals surface area contributed by atoms with Gasteiger partial charge in [-0.3, -0.25) is 9.69 Å². The molecule has 0 bridgehead atoms. The fourth-order valence-corrected chi connectivity index (χ4v) is 6.23. The molecule has 37 heavy (non-hydrogen) atoms. The zero-order chi connectivity index (χ0) is 25.6. The van der Waals surface area contributed by atoms with Gasteiger partial charge >= 0.3 is 0 Å². The predicted octanol–water partition coefficient (Wildman–Crippen LogP) is 6.61. The fourth-order valence-electron chi connectivity index (χ4n) is 4.97. The summed E-state index contributed by atoms with van der Waals surface area (Å²) in [5.74, 6) is 2.41. The molecule has 0 N–H and O–H groups in total. The number of benzene rings is 3. The van der Waals surface area contributed by atoms with E-state index in [1.54, 1.807) is 25.6 Å². The van der Waals surface area contributed by atoms with Crippen molar-refractivity contribution in [2.24, 2.45) is 0 Å². The van der Waals surface area contributed by atoms with Gasteiger partial charge in [0.1, 0.15) is 23.9 Å². The van der Waals surface area contributed by atoms with Crippen molar-refractivity contribution in [3.63, 3.8) is 0 Å². The van der Waals surface area contributed by atoms with Crippen molar-refractivity contribution in [2.75, 3.05) is 40.5 Å². The number of nitrogens with zero attached hydrogens (tertiary/aromatic N) is 1. The number of ether oxygens (including phenoxy) is 3. The van der Waals surface area contributed by atoms with E-state index >= 15 is 0 Å². The van der Waals surface area contributed by atoms with Crippen LogP contribution in [-0.4, -0.2) is 51.1 Å². The van der Waals surface area contributed by atoms with Gasteiger partial charge < -0.3 is 14.2 Å². The lowest BCUT2D eigenvalue weighted by molar-refractivity contribution is 0.104. The molecular formula is C31H33NO4S. The maximum atomic E-state index is 13.9. The highest BCUT2D eigenvalue weighted by Crippen LogP contribution is 2.37. The van der Waals surface area contributed by atoms with E-state index in [1.807, 2.05) is 66.7 Å². The summed E-state index contributed by atoms with van der Waals surface area (Å²) in [5, 5.41) is 0.947. The second-order valence-corrected chi connectivity index (χ2v) is 10.5. The predicted molar refractivity (Wildman–Crippen MR) is 150 cm³/mol. The third kappa shape index (κ3) is 5.81. The minimum atomic E-state index is 0.0150. The number of hydrogen-bond donors (Lipinski definition) is 0. The van der Waals surface area contributed by atoms with Gasteiger partial charge in [-0.15, -0.1) is 11.3 Å². The molecule has 5 rings (SSSR count). The van der Waals surface area contributed by atoms with E-state index in [-0.39, 0.29) is 5.78 Å². The van der Waals surface area contributed by atoms with Crippen molar-refractivity contribution in [3.8, 4) is 17.2 Å². The molecule has 2 heterocycles. The van der Waals surface area contributed by atoms with Crippen LogP contribution in [0.1, 0.15) is 45.6 Å². The molecule has 192 valence electrons. The Hall–Kier alpha value is -3.35. The van der Waals surface area contributed by atoms with Gasteiger partial charge in [-0.25, -0.2) is 0 Å². The van der Waals surface area contributed by atoms with Crippen LogP contribution in [0.2, 0.25) is 0 Å². The number of carbonyl (C=O) groups excluding carboxylic acids is 1. The lowest BCUT2D eigenvalue weighted by atomic mass is 9.97. The van der Waals surface area contributed by atoms with Gasteiger partial charge in [0.2, 0.25) is 0 Å². The van der Waals surface area contributed by atoms with Gasteiger partial charge in [-0.05, 0) is 80.0 Å². The van der Waals surface area contributed by atoms with Crippen LogP contribution in [-0.2, 0) is 6.42 Å². The molecule has 3 aromatic carbocycles. The Kier molecular flexibility index (Phi) is 8.07. The van der Waals surface area contributed by atoms with Gasteiger partial charge in [0.25, 0.3) is 0 Å². The molecule has 0 unspecified atom stereocenters. The first-order chi connectivity index (χ1) is 18.2. The average Bonchev–Trinajstić information content (AvgIpc) is 3.30. The molecule has 0 aliphatic carbocycles. The number of methoxy groups -OCH3 is 2. The Morgan fingerprint density at radius 3 is 2.41 bits per heavy atom. The van der Waals surface area contributed by atoms with Gasteiger partial charge in [0.05, 0.1) is 14.2 Å². The number of carbonyl (C=O) groups is 1. The second kappa shape index (κ2) is 11.8. The standard InChI is InChI=1S/C31H33NO4S/c1-34-25-14-15-26-28(21-25)37-29(20-23-8-4-5-9-27(23)35-2)30(26)31(33)22-10-12-24(13-11-22)36-19-18-32-16-6-3-7-17-32/h4-5,8-15,21H,3,6-7,16-20H2,1-2H3. The van der Waals surface area contributed by atoms with E-state index in [9.17, 15) is 4.79 Å². The molecule has 5 nitrogen and oxygen atoms in total. The second-order valence-electron chi connectivity index (χ2n) is 9.36. The molecule has 1 fully saturated rings. The Morgan fingerprint density at radius 1 is 0.892 bits per heavy atom. The first kappa shape index (κ1) is 25.3. The Morgan fingerprint density at radius 2 is 1.65 bits per heavy atom. The molecule has 0 atom stereocenters. The van der Waals surface area contributed by atoms with Crippen molar-refractivity contribution < 1.29 is 19.0 Å². The summed E-state index contributed by atoms with van der Waals surface area (Å²) < 4.78 is 18.0. The van der Waals surface area contributed by atoms with Gasteiger partial charge in [-0.2, -0.15) is 0 Å². The molecule has 1 aliphatic heterocycles. The maximum Gasteiger partial charge on any atom is 0.194 e. The maximum absolute atomic E-state index is 13.9. The summed E-state index contributed by atoms with van der Waals surface area (Å²) >= 11 is 1.63. The van der Waals surface area contributed by atoms with E-state index in [0.717, 1.165) is 63.0 Å². The van der Waals surface area contributed by atoms with Crippen molar-refractivity contribution in [2.45, 2.75) is 25.7 Å². The summed E-state index contributed by atoms with van der Waals surface area (Å²) in [6, 6.07) is 21.4. The average molecular weight is 516 g/mol. The molecule has 1 aliphatic rings. The van der Waals surface area contributed by atoms with Crippen LogP contribution >= 0.6 is 11.3 Å². The van der Waals surface area contributed by atoms with E-state index in [4.69, 9.17) is 14.2 Å². The Bertz CT molecular complexity index is 1360.